The maximum Gasteiger partial charge on any atom is 0.0366 e. The van der Waals surface area contributed by atoms with Crippen molar-refractivity contribution in [1.29, 1.82) is 0 Å². The van der Waals surface area contributed by atoms with E-state index in [4.69, 9.17) is 0 Å². The zero-order valence-corrected chi connectivity index (χ0v) is 14.5. The van der Waals surface area contributed by atoms with E-state index in [1.54, 1.807) is 0 Å². The molecule has 3 heteroatoms. The normalized spacial score (nSPS) is 12.7. The van der Waals surface area contributed by atoms with Crippen molar-refractivity contribution >= 4 is 5.69 Å². The Bertz CT molecular complexity index is 373. The van der Waals surface area contributed by atoms with Crippen molar-refractivity contribution < 1.29 is 0 Å². The fraction of sp³-hybridized carbons (Fsp3) is 0.667. The van der Waals surface area contributed by atoms with Crippen molar-refractivity contribution in [3.63, 3.8) is 0 Å². The highest BCUT2D eigenvalue weighted by molar-refractivity contribution is 5.48. The summed E-state index contributed by atoms with van der Waals surface area (Å²) in [7, 11) is 4.27. The van der Waals surface area contributed by atoms with Crippen LogP contribution in [-0.4, -0.2) is 45.2 Å². The molecule has 0 saturated carbocycles. The average molecular weight is 291 g/mol. The SMILES string of the molecule is CCNC(CC)c1ccc(N(CC)CCCN(C)C)cc1. The second kappa shape index (κ2) is 9.80. The minimum absolute atomic E-state index is 0.480. The molecule has 0 saturated heterocycles. The summed E-state index contributed by atoms with van der Waals surface area (Å²) in [5.74, 6) is 0. The monoisotopic (exact) mass is 291 g/mol. The maximum atomic E-state index is 3.54. The van der Waals surface area contributed by atoms with Crippen LogP contribution in [0.5, 0.6) is 0 Å². The quantitative estimate of drug-likeness (QED) is 0.711. The zero-order valence-electron chi connectivity index (χ0n) is 14.5. The summed E-state index contributed by atoms with van der Waals surface area (Å²) in [6.45, 7) is 11.0. The van der Waals surface area contributed by atoms with E-state index in [1.807, 2.05) is 0 Å². The van der Waals surface area contributed by atoms with Gasteiger partial charge >= 0.3 is 0 Å². The molecule has 0 fully saturated rings. The van der Waals surface area contributed by atoms with E-state index in [9.17, 15) is 0 Å². The highest BCUT2D eigenvalue weighted by Gasteiger charge is 2.09. The van der Waals surface area contributed by atoms with Crippen LogP contribution >= 0.6 is 0 Å². The van der Waals surface area contributed by atoms with Crippen LogP contribution in [0.4, 0.5) is 5.69 Å². The van der Waals surface area contributed by atoms with Gasteiger partial charge in [-0.3, -0.25) is 0 Å². The minimum Gasteiger partial charge on any atom is -0.372 e. The van der Waals surface area contributed by atoms with Crippen molar-refractivity contribution in [2.24, 2.45) is 0 Å². The van der Waals surface area contributed by atoms with Gasteiger partial charge in [0.1, 0.15) is 0 Å². The highest BCUT2D eigenvalue weighted by atomic mass is 15.1. The molecular weight excluding hydrogens is 258 g/mol. The molecule has 1 aromatic rings. The summed E-state index contributed by atoms with van der Waals surface area (Å²) in [5.41, 5.74) is 2.74. The van der Waals surface area contributed by atoms with Gasteiger partial charge in [-0.25, -0.2) is 0 Å². The summed E-state index contributed by atoms with van der Waals surface area (Å²) in [5, 5.41) is 3.54. The molecule has 0 aliphatic rings. The van der Waals surface area contributed by atoms with Crippen LogP contribution in [0.15, 0.2) is 24.3 Å². The minimum atomic E-state index is 0.480. The van der Waals surface area contributed by atoms with Gasteiger partial charge in [-0.05, 0) is 64.6 Å². The third kappa shape index (κ3) is 6.06. The number of rotatable bonds is 10. The van der Waals surface area contributed by atoms with Crippen molar-refractivity contribution in [2.75, 3.05) is 45.2 Å². The van der Waals surface area contributed by atoms with E-state index in [0.717, 1.165) is 32.6 Å². The molecule has 0 bridgehead atoms. The number of hydrogen-bond acceptors (Lipinski definition) is 3. The summed E-state index contributed by atoms with van der Waals surface area (Å²) < 4.78 is 0. The molecule has 0 aromatic heterocycles. The summed E-state index contributed by atoms with van der Waals surface area (Å²) in [4.78, 5) is 4.71. The second-order valence-electron chi connectivity index (χ2n) is 5.85. The van der Waals surface area contributed by atoms with Crippen LogP contribution < -0.4 is 10.2 Å². The van der Waals surface area contributed by atoms with Crippen LogP contribution in [0, 0.1) is 0 Å². The molecule has 0 aliphatic heterocycles. The Morgan fingerprint density at radius 3 is 2.14 bits per heavy atom. The van der Waals surface area contributed by atoms with E-state index in [2.05, 4.69) is 74.2 Å². The van der Waals surface area contributed by atoms with Crippen LogP contribution in [0.3, 0.4) is 0 Å². The van der Waals surface area contributed by atoms with Gasteiger partial charge in [-0.1, -0.05) is 26.0 Å². The van der Waals surface area contributed by atoms with E-state index in [0.29, 0.717) is 6.04 Å². The predicted octanol–water partition coefficient (Wildman–Crippen LogP) is 3.53. The van der Waals surface area contributed by atoms with Crippen molar-refractivity contribution in [3.8, 4) is 0 Å². The smallest absolute Gasteiger partial charge is 0.0366 e. The molecule has 0 spiro atoms. The van der Waals surface area contributed by atoms with Gasteiger partial charge in [0.15, 0.2) is 0 Å². The first-order chi connectivity index (χ1) is 10.1. The fourth-order valence-electron chi connectivity index (χ4n) is 2.71. The number of anilines is 1. The summed E-state index contributed by atoms with van der Waals surface area (Å²) >= 11 is 0. The molecule has 0 radical (unpaired) electrons. The first kappa shape index (κ1) is 18.0. The molecule has 1 N–H and O–H groups in total. The first-order valence-electron chi connectivity index (χ1n) is 8.35. The Balaban J connectivity index is 2.65. The number of benzene rings is 1. The molecule has 1 atom stereocenters. The lowest BCUT2D eigenvalue weighted by molar-refractivity contribution is 0.400. The van der Waals surface area contributed by atoms with Crippen LogP contribution in [0.2, 0.25) is 0 Å². The van der Waals surface area contributed by atoms with Gasteiger partial charge in [0.25, 0.3) is 0 Å². The highest BCUT2D eigenvalue weighted by Crippen LogP contribution is 2.21. The van der Waals surface area contributed by atoms with E-state index < -0.39 is 0 Å². The van der Waals surface area contributed by atoms with Crippen molar-refractivity contribution in [1.82, 2.24) is 10.2 Å². The van der Waals surface area contributed by atoms with E-state index in [-0.39, 0.29) is 0 Å². The topological polar surface area (TPSA) is 18.5 Å². The molecule has 120 valence electrons. The van der Waals surface area contributed by atoms with Gasteiger partial charge in [0.05, 0.1) is 0 Å². The lowest BCUT2D eigenvalue weighted by Crippen LogP contribution is -2.27. The molecular formula is C18H33N3. The summed E-state index contributed by atoms with van der Waals surface area (Å²) in [6, 6.07) is 9.58. The number of nitrogens with zero attached hydrogens (tertiary/aromatic N) is 2. The first-order valence-corrected chi connectivity index (χ1v) is 8.35. The Kier molecular flexibility index (Phi) is 8.40. The van der Waals surface area contributed by atoms with Gasteiger partial charge in [0, 0.05) is 24.8 Å². The fourth-order valence-corrected chi connectivity index (χ4v) is 2.71. The Morgan fingerprint density at radius 2 is 1.67 bits per heavy atom. The van der Waals surface area contributed by atoms with Crippen LogP contribution in [-0.2, 0) is 0 Å². The van der Waals surface area contributed by atoms with Gasteiger partial charge in [-0.15, -0.1) is 0 Å². The maximum absolute atomic E-state index is 3.54. The molecule has 3 nitrogen and oxygen atoms in total. The third-order valence-corrected chi connectivity index (χ3v) is 3.93. The van der Waals surface area contributed by atoms with Crippen LogP contribution in [0.25, 0.3) is 0 Å². The Hall–Kier alpha value is -1.06. The zero-order chi connectivity index (χ0) is 15.7. The van der Waals surface area contributed by atoms with Crippen LogP contribution in [0.1, 0.15) is 45.2 Å². The third-order valence-electron chi connectivity index (χ3n) is 3.93. The largest absolute Gasteiger partial charge is 0.372 e. The lowest BCUT2D eigenvalue weighted by atomic mass is 10.0. The van der Waals surface area contributed by atoms with E-state index >= 15 is 0 Å². The summed E-state index contributed by atoms with van der Waals surface area (Å²) in [6.07, 6.45) is 2.34. The number of hydrogen-bond donors (Lipinski definition) is 1. The predicted molar refractivity (Wildman–Crippen MR) is 94.2 cm³/mol. The Morgan fingerprint density at radius 1 is 1.00 bits per heavy atom. The number of nitrogens with one attached hydrogen (secondary N) is 1. The molecule has 1 aromatic carbocycles. The molecule has 0 aliphatic carbocycles. The molecule has 1 unspecified atom stereocenters. The second-order valence-corrected chi connectivity index (χ2v) is 5.85. The standard InChI is InChI=1S/C18H33N3/c1-6-18(19-7-2)16-10-12-17(13-11-16)21(8-3)15-9-14-20(4)5/h10-13,18-19H,6-9,14-15H2,1-5H3. The van der Waals surface area contributed by atoms with Crippen molar-refractivity contribution in [2.45, 2.75) is 39.7 Å². The van der Waals surface area contributed by atoms with E-state index in [1.165, 1.54) is 17.7 Å². The van der Waals surface area contributed by atoms with Crippen molar-refractivity contribution in [3.05, 3.63) is 29.8 Å². The molecule has 0 amide bonds. The molecule has 0 heterocycles. The van der Waals surface area contributed by atoms with Gasteiger partial charge in [0.2, 0.25) is 0 Å². The van der Waals surface area contributed by atoms with Gasteiger partial charge < -0.3 is 15.1 Å². The van der Waals surface area contributed by atoms with Gasteiger partial charge in [-0.2, -0.15) is 0 Å². The average Bonchev–Trinajstić information content (AvgIpc) is 2.49. The Labute approximate surface area is 131 Å². The molecule has 21 heavy (non-hydrogen) atoms. The molecule has 1 rings (SSSR count). The lowest BCUT2D eigenvalue weighted by Gasteiger charge is -2.25.